The number of nitrogens with one attached hydrogen (secondary N) is 1. The van der Waals surface area contributed by atoms with Crippen LogP contribution in [0.1, 0.15) is 21.8 Å². The van der Waals surface area contributed by atoms with E-state index in [1.807, 2.05) is 0 Å². The Balaban J connectivity index is 1.56. The molecule has 0 fully saturated rings. The monoisotopic (exact) mass is 377 g/mol. The second kappa shape index (κ2) is 7.40. The van der Waals surface area contributed by atoms with Gasteiger partial charge in [0.2, 0.25) is 5.13 Å². The normalized spacial score (nSPS) is 10.6. The van der Waals surface area contributed by atoms with E-state index in [-0.39, 0.29) is 11.4 Å². The molecule has 3 aromatic rings. The number of nitro benzene ring substituents is 1. The molecule has 1 N–H and O–H groups in total. The lowest BCUT2D eigenvalue weighted by Gasteiger charge is -1.98. The number of thioether (sulfide) groups is 1. The van der Waals surface area contributed by atoms with Crippen LogP contribution >= 0.6 is 23.1 Å². The van der Waals surface area contributed by atoms with Crippen molar-refractivity contribution in [1.82, 2.24) is 15.4 Å². The first-order valence-corrected chi connectivity index (χ1v) is 8.76. The Morgan fingerprint density at radius 3 is 2.76 bits per heavy atom. The fraction of sp³-hybridized carbons (Fsp3) is 0.143. The van der Waals surface area contributed by atoms with Gasteiger partial charge in [-0.2, -0.15) is 0 Å². The molecule has 0 saturated heterocycles. The highest BCUT2D eigenvalue weighted by Gasteiger charge is 2.14. The molecule has 0 aliphatic heterocycles. The molecule has 0 aliphatic carbocycles. The zero-order valence-electron chi connectivity index (χ0n) is 12.8. The van der Waals surface area contributed by atoms with Crippen molar-refractivity contribution in [3.63, 3.8) is 0 Å². The van der Waals surface area contributed by atoms with Crippen LogP contribution < -0.4 is 5.32 Å². The minimum atomic E-state index is -0.438. The van der Waals surface area contributed by atoms with Crippen molar-refractivity contribution in [2.75, 3.05) is 5.32 Å². The Bertz CT molecular complexity index is 906. The quantitative estimate of drug-likeness (QED) is 0.300. The Hall–Kier alpha value is -2.79. The highest BCUT2D eigenvalue weighted by Crippen LogP contribution is 2.29. The van der Waals surface area contributed by atoms with Crippen molar-refractivity contribution in [3.8, 4) is 0 Å². The summed E-state index contributed by atoms with van der Waals surface area (Å²) >= 11 is 2.66. The number of aromatic nitrogens is 3. The first-order valence-electron chi connectivity index (χ1n) is 6.95. The van der Waals surface area contributed by atoms with Crippen molar-refractivity contribution < 1.29 is 14.2 Å². The largest absolute Gasteiger partial charge is 0.361 e. The van der Waals surface area contributed by atoms with Gasteiger partial charge in [0.1, 0.15) is 5.76 Å². The third kappa shape index (κ3) is 4.39. The molecule has 128 valence electrons. The van der Waals surface area contributed by atoms with Gasteiger partial charge in [-0.15, -0.1) is 10.2 Å². The number of hydrogen-bond donors (Lipinski definition) is 1. The van der Waals surface area contributed by atoms with Crippen molar-refractivity contribution >= 4 is 39.8 Å². The van der Waals surface area contributed by atoms with Gasteiger partial charge in [0, 0.05) is 24.0 Å². The molecule has 2 aromatic heterocycles. The molecular formula is C14H11N5O4S2. The maximum absolute atomic E-state index is 11.9. The average molecular weight is 377 g/mol. The summed E-state index contributed by atoms with van der Waals surface area (Å²) in [6, 6.07) is 7.84. The second-order valence-corrected chi connectivity index (χ2v) is 7.06. The Kier molecular flexibility index (Phi) is 5.05. The molecule has 0 radical (unpaired) electrons. The van der Waals surface area contributed by atoms with Crippen LogP contribution in [0.4, 0.5) is 10.8 Å². The summed E-state index contributed by atoms with van der Waals surface area (Å²) in [5.41, 5.74) is 1.15. The smallest absolute Gasteiger partial charge is 0.279 e. The highest BCUT2D eigenvalue weighted by molar-refractivity contribution is 8.00. The number of hydrogen-bond acceptors (Lipinski definition) is 9. The number of nitro groups is 1. The van der Waals surface area contributed by atoms with Crippen LogP contribution in [0.15, 0.2) is 39.2 Å². The second-order valence-electron chi connectivity index (χ2n) is 4.86. The number of non-ortho nitro benzene ring substituents is 1. The maximum Gasteiger partial charge on any atom is 0.279 e. The maximum atomic E-state index is 11.9. The fourth-order valence-electron chi connectivity index (χ4n) is 1.81. The standard InChI is InChI=1S/C14H11N5O4S2/c1-8-6-11(18-23-8)12(20)15-13-16-17-14(25-13)24-7-9-2-4-10(5-3-9)19(21)22/h2-6H,7H2,1H3,(H,15,16,20). The highest BCUT2D eigenvalue weighted by atomic mass is 32.2. The van der Waals surface area contributed by atoms with E-state index in [2.05, 4.69) is 20.7 Å². The SMILES string of the molecule is Cc1cc(C(=O)Nc2nnc(SCc3ccc([N+](=O)[O-])cc3)s2)no1. The molecule has 1 aromatic carbocycles. The molecule has 0 aliphatic rings. The number of rotatable bonds is 6. The Morgan fingerprint density at radius 2 is 2.12 bits per heavy atom. The van der Waals surface area contributed by atoms with Gasteiger partial charge in [-0.05, 0) is 12.5 Å². The van der Waals surface area contributed by atoms with E-state index in [4.69, 9.17) is 4.52 Å². The van der Waals surface area contributed by atoms with Gasteiger partial charge >= 0.3 is 0 Å². The van der Waals surface area contributed by atoms with Crippen molar-refractivity contribution in [2.45, 2.75) is 17.0 Å². The summed E-state index contributed by atoms with van der Waals surface area (Å²) in [6.45, 7) is 1.70. The predicted molar refractivity (Wildman–Crippen MR) is 91.8 cm³/mol. The van der Waals surface area contributed by atoms with Crippen LogP contribution in [0.5, 0.6) is 0 Å². The number of anilines is 1. The average Bonchev–Trinajstić information content (AvgIpc) is 3.22. The van der Waals surface area contributed by atoms with E-state index in [0.717, 1.165) is 5.56 Å². The van der Waals surface area contributed by atoms with Crippen molar-refractivity contribution in [2.24, 2.45) is 0 Å². The zero-order valence-corrected chi connectivity index (χ0v) is 14.5. The van der Waals surface area contributed by atoms with Crippen LogP contribution in [-0.2, 0) is 5.75 Å². The topological polar surface area (TPSA) is 124 Å². The molecule has 0 unspecified atom stereocenters. The van der Waals surface area contributed by atoms with Crippen molar-refractivity contribution in [3.05, 3.63) is 57.5 Å². The fourth-order valence-corrected chi connectivity index (χ4v) is 3.52. The zero-order chi connectivity index (χ0) is 17.8. The first-order chi connectivity index (χ1) is 12.0. The van der Waals surface area contributed by atoms with E-state index in [1.54, 1.807) is 19.1 Å². The third-order valence-corrected chi connectivity index (χ3v) is 5.04. The molecule has 3 rings (SSSR count). The molecule has 0 saturated carbocycles. The number of carbonyl (C=O) groups is 1. The van der Waals surface area contributed by atoms with Gasteiger partial charge in [0.15, 0.2) is 10.0 Å². The van der Waals surface area contributed by atoms with Gasteiger partial charge in [-0.3, -0.25) is 20.2 Å². The van der Waals surface area contributed by atoms with Gasteiger partial charge in [-0.25, -0.2) is 0 Å². The van der Waals surface area contributed by atoms with Gasteiger partial charge in [-0.1, -0.05) is 40.4 Å². The predicted octanol–water partition coefficient (Wildman–Crippen LogP) is 3.29. The summed E-state index contributed by atoms with van der Waals surface area (Å²) in [6.07, 6.45) is 0. The first kappa shape index (κ1) is 17.0. The molecule has 0 bridgehead atoms. The Morgan fingerprint density at radius 1 is 1.36 bits per heavy atom. The van der Waals surface area contributed by atoms with E-state index in [9.17, 15) is 14.9 Å². The number of nitrogens with zero attached hydrogens (tertiary/aromatic N) is 4. The number of carbonyl (C=O) groups excluding carboxylic acids is 1. The lowest BCUT2D eigenvalue weighted by molar-refractivity contribution is -0.384. The van der Waals surface area contributed by atoms with E-state index in [1.165, 1.54) is 41.3 Å². The molecule has 11 heteroatoms. The minimum Gasteiger partial charge on any atom is -0.361 e. The molecular weight excluding hydrogens is 366 g/mol. The molecule has 2 heterocycles. The van der Waals surface area contributed by atoms with Crippen LogP contribution in [0.25, 0.3) is 0 Å². The molecule has 9 nitrogen and oxygen atoms in total. The third-order valence-electron chi connectivity index (χ3n) is 3.00. The molecule has 0 spiro atoms. The van der Waals surface area contributed by atoms with Crippen LogP contribution in [-0.4, -0.2) is 26.2 Å². The van der Waals surface area contributed by atoms with Gasteiger partial charge < -0.3 is 4.52 Å². The van der Waals surface area contributed by atoms with Crippen LogP contribution in [0.2, 0.25) is 0 Å². The van der Waals surface area contributed by atoms with Gasteiger partial charge in [0.05, 0.1) is 4.92 Å². The molecule has 1 amide bonds. The molecule has 0 atom stereocenters. The van der Waals surface area contributed by atoms with E-state index >= 15 is 0 Å². The molecule has 25 heavy (non-hydrogen) atoms. The van der Waals surface area contributed by atoms with E-state index in [0.29, 0.717) is 21.0 Å². The summed E-state index contributed by atoms with van der Waals surface area (Å²) in [7, 11) is 0. The summed E-state index contributed by atoms with van der Waals surface area (Å²) in [4.78, 5) is 22.1. The lowest BCUT2D eigenvalue weighted by atomic mass is 10.2. The Labute approximate surface area is 149 Å². The van der Waals surface area contributed by atoms with Crippen LogP contribution in [0.3, 0.4) is 0 Å². The number of benzene rings is 1. The van der Waals surface area contributed by atoms with E-state index < -0.39 is 10.8 Å². The number of aryl methyl sites for hydroxylation is 1. The lowest BCUT2D eigenvalue weighted by Crippen LogP contribution is -2.11. The van der Waals surface area contributed by atoms with Gasteiger partial charge in [0.25, 0.3) is 11.6 Å². The summed E-state index contributed by atoms with van der Waals surface area (Å²) < 4.78 is 5.52. The number of amides is 1. The summed E-state index contributed by atoms with van der Waals surface area (Å²) in [5.74, 6) is 0.713. The van der Waals surface area contributed by atoms with Crippen LogP contribution in [0, 0.1) is 17.0 Å². The summed E-state index contributed by atoms with van der Waals surface area (Å²) in [5, 5.41) is 25.1. The van der Waals surface area contributed by atoms with Crippen molar-refractivity contribution in [1.29, 1.82) is 0 Å². The minimum absolute atomic E-state index is 0.0535.